The summed E-state index contributed by atoms with van der Waals surface area (Å²) < 4.78 is 0. The summed E-state index contributed by atoms with van der Waals surface area (Å²) in [5.74, 6) is 0.619. The van der Waals surface area contributed by atoms with Crippen molar-refractivity contribution in [2.24, 2.45) is 11.8 Å². The van der Waals surface area contributed by atoms with Gasteiger partial charge in [0.25, 0.3) is 0 Å². The Bertz CT molecular complexity index is 432. The van der Waals surface area contributed by atoms with Crippen molar-refractivity contribution in [1.29, 1.82) is 0 Å². The fourth-order valence-corrected chi connectivity index (χ4v) is 2.43. The highest BCUT2D eigenvalue weighted by atomic mass is 35.5. The van der Waals surface area contributed by atoms with Crippen LogP contribution in [0.3, 0.4) is 0 Å². The molecule has 0 spiro atoms. The minimum atomic E-state index is -0.0540. The molecule has 1 fully saturated rings. The van der Waals surface area contributed by atoms with E-state index < -0.39 is 0 Å². The number of carbonyl (C=O) groups excluding carboxylic acids is 1. The predicted molar refractivity (Wildman–Crippen MR) is 73.5 cm³/mol. The van der Waals surface area contributed by atoms with Gasteiger partial charge in [0.2, 0.25) is 5.91 Å². The van der Waals surface area contributed by atoms with Gasteiger partial charge < -0.3 is 10.6 Å². The molecule has 2 rings (SSSR count). The van der Waals surface area contributed by atoms with Crippen LogP contribution in [-0.4, -0.2) is 19.0 Å². The highest BCUT2D eigenvalue weighted by molar-refractivity contribution is 6.31. The Hall–Kier alpha value is -1.06. The van der Waals surface area contributed by atoms with E-state index in [0.29, 0.717) is 10.9 Å². The first kappa shape index (κ1) is 13.4. The second-order valence-electron chi connectivity index (χ2n) is 4.96. The van der Waals surface area contributed by atoms with Gasteiger partial charge in [-0.3, -0.25) is 4.79 Å². The fraction of sp³-hybridized carbons (Fsp3) is 0.500. The van der Waals surface area contributed by atoms with E-state index in [1.807, 2.05) is 38.1 Å². The first-order valence-electron chi connectivity index (χ1n) is 6.35. The summed E-state index contributed by atoms with van der Waals surface area (Å²) in [6, 6.07) is 7.56. The van der Waals surface area contributed by atoms with Gasteiger partial charge in [0.15, 0.2) is 0 Å². The van der Waals surface area contributed by atoms with Gasteiger partial charge in [0, 0.05) is 10.9 Å². The Labute approximate surface area is 113 Å². The van der Waals surface area contributed by atoms with Gasteiger partial charge in [-0.25, -0.2) is 0 Å². The number of benzene rings is 1. The number of hydrogen-bond donors (Lipinski definition) is 2. The van der Waals surface area contributed by atoms with Crippen molar-refractivity contribution in [3.8, 4) is 0 Å². The average molecular weight is 267 g/mol. The SMILES string of the molecule is CC(NC(=O)C(C)C1CNC1)c1ccccc1Cl. The van der Waals surface area contributed by atoms with Gasteiger partial charge >= 0.3 is 0 Å². The van der Waals surface area contributed by atoms with E-state index >= 15 is 0 Å². The fourth-order valence-electron chi connectivity index (χ4n) is 2.13. The molecule has 0 bridgehead atoms. The van der Waals surface area contributed by atoms with Crippen molar-refractivity contribution >= 4 is 17.5 Å². The van der Waals surface area contributed by atoms with Gasteiger partial charge in [0.05, 0.1) is 6.04 Å². The standard InChI is InChI=1S/C14H19ClN2O/c1-9(11-7-16-8-11)14(18)17-10(2)12-5-3-4-6-13(12)15/h3-6,9-11,16H,7-8H2,1-2H3,(H,17,18). The first-order valence-corrected chi connectivity index (χ1v) is 6.73. The molecule has 1 heterocycles. The van der Waals surface area contributed by atoms with Crippen LogP contribution in [0.5, 0.6) is 0 Å². The molecule has 3 nitrogen and oxygen atoms in total. The number of amides is 1. The molecule has 0 aliphatic carbocycles. The number of nitrogens with one attached hydrogen (secondary N) is 2. The zero-order valence-electron chi connectivity index (χ0n) is 10.7. The molecule has 0 saturated carbocycles. The van der Waals surface area contributed by atoms with E-state index in [0.717, 1.165) is 18.7 Å². The van der Waals surface area contributed by atoms with Crippen LogP contribution >= 0.6 is 11.6 Å². The normalized spacial score (nSPS) is 18.8. The molecule has 1 amide bonds. The second kappa shape index (κ2) is 5.72. The molecular weight excluding hydrogens is 248 g/mol. The molecule has 98 valence electrons. The molecule has 0 radical (unpaired) electrons. The first-order chi connectivity index (χ1) is 8.59. The smallest absolute Gasteiger partial charge is 0.223 e. The Kier molecular flexibility index (Phi) is 4.25. The zero-order chi connectivity index (χ0) is 13.1. The van der Waals surface area contributed by atoms with E-state index in [9.17, 15) is 4.79 Å². The third-order valence-corrected chi connectivity index (χ3v) is 4.01. The molecule has 18 heavy (non-hydrogen) atoms. The average Bonchev–Trinajstić information content (AvgIpc) is 2.26. The van der Waals surface area contributed by atoms with Crippen molar-refractivity contribution in [2.75, 3.05) is 13.1 Å². The van der Waals surface area contributed by atoms with Gasteiger partial charge in [-0.05, 0) is 37.6 Å². The van der Waals surface area contributed by atoms with Crippen molar-refractivity contribution < 1.29 is 4.79 Å². The van der Waals surface area contributed by atoms with E-state index in [1.165, 1.54) is 0 Å². The molecule has 2 N–H and O–H groups in total. The minimum absolute atomic E-state index is 0.0520. The van der Waals surface area contributed by atoms with Crippen LogP contribution in [0.4, 0.5) is 0 Å². The number of hydrogen-bond acceptors (Lipinski definition) is 2. The van der Waals surface area contributed by atoms with Crippen LogP contribution in [0, 0.1) is 11.8 Å². The van der Waals surface area contributed by atoms with E-state index in [1.54, 1.807) is 0 Å². The Morgan fingerprint density at radius 3 is 2.61 bits per heavy atom. The molecule has 2 atom stereocenters. The van der Waals surface area contributed by atoms with Crippen LogP contribution in [0.2, 0.25) is 5.02 Å². The minimum Gasteiger partial charge on any atom is -0.349 e. The summed E-state index contributed by atoms with van der Waals surface area (Å²) in [5, 5.41) is 6.92. The lowest BCUT2D eigenvalue weighted by atomic mass is 9.88. The van der Waals surface area contributed by atoms with Crippen LogP contribution in [0.1, 0.15) is 25.5 Å². The number of carbonyl (C=O) groups is 1. The second-order valence-corrected chi connectivity index (χ2v) is 5.37. The van der Waals surface area contributed by atoms with Crippen molar-refractivity contribution in [2.45, 2.75) is 19.9 Å². The summed E-state index contributed by atoms with van der Waals surface area (Å²) in [4.78, 5) is 12.1. The maximum atomic E-state index is 12.1. The molecule has 0 aromatic heterocycles. The summed E-state index contributed by atoms with van der Waals surface area (Å²) >= 11 is 6.12. The summed E-state index contributed by atoms with van der Waals surface area (Å²) in [6.45, 7) is 5.83. The third-order valence-electron chi connectivity index (χ3n) is 3.66. The third kappa shape index (κ3) is 2.85. The number of halogens is 1. The lowest BCUT2D eigenvalue weighted by Crippen LogP contribution is -2.49. The van der Waals surface area contributed by atoms with Gasteiger partial charge in [-0.1, -0.05) is 36.7 Å². The summed E-state index contributed by atoms with van der Waals surface area (Å²) in [7, 11) is 0. The molecule has 1 aromatic carbocycles. The molecule has 1 saturated heterocycles. The van der Waals surface area contributed by atoms with Gasteiger partial charge in [-0.15, -0.1) is 0 Å². The van der Waals surface area contributed by atoms with Crippen LogP contribution in [0.25, 0.3) is 0 Å². The maximum Gasteiger partial charge on any atom is 0.223 e. The maximum absolute atomic E-state index is 12.1. The van der Waals surface area contributed by atoms with E-state index in [2.05, 4.69) is 10.6 Å². The van der Waals surface area contributed by atoms with Crippen LogP contribution in [-0.2, 0) is 4.79 Å². The molecule has 1 aromatic rings. The molecule has 4 heteroatoms. The highest BCUT2D eigenvalue weighted by Gasteiger charge is 2.29. The van der Waals surface area contributed by atoms with E-state index in [-0.39, 0.29) is 17.9 Å². The van der Waals surface area contributed by atoms with Crippen molar-refractivity contribution in [3.63, 3.8) is 0 Å². The molecule has 1 aliphatic heterocycles. The zero-order valence-corrected chi connectivity index (χ0v) is 11.5. The highest BCUT2D eigenvalue weighted by Crippen LogP contribution is 2.23. The lowest BCUT2D eigenvalue weighted by molar-refractivity contribution is -0.127. The largest absolute Gasteiger partial charge is 0.349 e. The van der Waals surface area contributed by atoms with Crippen LogP contribution in [0.15, 0.2) is 24.3 Å². The number of rotatable bonds is 4. The Morgan fingerprint density at radius 2 is 2.06 bits per heavy atom. The quantitative estimate of drug-likeness (QED) is 0.879. The topological polar surface area (TPSA) is 41.1 Å². The Morgan fingerprint density at radius 1 is 1.39 bits per heavy atom. The molecular formula is C14H19ClN2O. The van der Waals surface area contributed by atoms with Gasteiger partial charge in [0.1, 0.15) is 0 Å². The van der Waals surface area contributed by atoms with Crippen molar-refractivity contribution in [1.82, 2.24) is 10.6 Å². The van der Waals surface area contributed by atoms with Crippen molar-refractivity contribution in [3.05, 3.63) is 34.9 Å². The monoisotopic (exact) mass is 266 g/mol. The van der Waals surface area contributed by atoms with Crippen LogP contribution < -0.4 is 10.6 Å². The molecule has 1 aliphatic rings. The Balaban J connectivity index is 1.96. The van der Waals surface area contributed by atoms with Gasteiger partial charge in [-0.2, -0.15) is 0 Å². The lowest BCUT2D eigenvalue weighted by Gasteiger charge is -2.32. The summed E-state index contributed by atoms with van der Waals surface area (Å²) in [5.41, 5.74) is 0.964. The molecule has 2 unspecified atom stereocenters. The summed E-state index contributed by atoms with van der Waals surface area (Å²) in [6.07, 6.45) is 0. The van der Waals surface area contributed by atoms with E-state index in [4.69, 9.17) is 11.6 Å². The predicted octanol–water partition coefficient (Wildman–Crippen LogP) is 2.37.